The summed E-state index contributed by atoms with van der Waals surface area (Å²) < 4.78 is 72.4. The van der Waals surface area contributed by atoms with Crippen molar-refractivity contribution in [1.29, 1.82) is 0 Å². The fraction of sp³-hybridized carbons (Fsp3) is 0.348. The molecule has 4 rings (SSSR count). The highest BCUT2D eigenvalue weighted by Crippen LogP contribution is 2.35. The van der Waals surface area contributed by atoms with Crippen LogP contribution in [-0.4, -0.2) is 33.9 Å². The van der Waals surface area contributed by atoms with Crippen LogP contribution in [0.4, 0.5) is 27.8 Å². The summed E-state index contributed by atoms with van der Waals surface area (Å²) in [5, 5.41) is 23.4. The summed E-state index contributed by atoms with van der Waals surface area (Å²) in [7, 11) is 0. The second-order valence-electron chi connectivity index (χ2n) is 8.21. The van der Waals surface area contributed by atoms with Crippen LogP contribution >= 0.6 is 12.4 Å². The molecule has 0 saturated heterocycles. The summed E-state index contributed by atoms with van der Waals surface area (Å²) in [4.78, 5) is 3.99. The number of halogens is 6. The molecule has 0 bridgehead atoms. The highest BCUT2D eigenvalue weighted by atomic mass is 35.5. The highest BCUT2D eigenvalue weighted by Gasteiger charge is 2.36. The van der Waals surface area contributed by atoms with Crippen LogP contribution < -0.4 is 15.8 Å². The molecule has 1 heterocycles. The molecule has 1 fully saturated rings. The van der Waals surface area contributed by atoms with Gasteiger partial charge < -0.3 is 26.0 Å². The molecule has 190 valence electrons. The zero-order chi connectivity index (χ0) is 24.6. The van der Waals surface area contributed by atoms with Gasteiger partial charge in [0.2, 0.25) is 0 Å². The highest BCUT2D eigenvalue weighted by molar-refractivity contribution is 5.90. The fourth-order valence-electron chi connectivity index (χ4n) is 4.00. The smallest absolute Gasteiger partial charge is 0.419 e. The Morgan fingerprint density at radius 3 is 2.49 bits per heavy atom. The number of alkyl halides is 3. The van der Waals surface area contributed by atoms with Gasteiger partial charge in [0.05, 0.1) is 12.2 Å². The Bertz CT molecular complexity index is 1210. The number of aliphatic hydroxyl groups excluding tert-OH is 2. The number of ether oxygens (including phenoxy) is 1. The Morgan fingerprint density at radius 1 is 1.11 bits per heavy atom. The van der Waals surface area contributed by atoms with E-state index in [1.807, 2.05) is 0 Å². The Kier molecular flexibility index (Phi) is 8.05. The van der Waals surface area contributed by atoms with Gasteiger partial charge in [0.15, 0.2) is 0 Å². The van der Waals surface area contributed by atoms with Crippen LogP contribution in [0.3, 0.4) is 0 Å². The van der Waals surface area contributed by atoms with Gasteiger partial charge in [-0.25, -0.2) is 13.8 Å². The Hall–Kier alpha value is -2.73. The summed E-state index contributed by atoms with van der Waals surface area (Å²) >= 11 is 0. The van der Waals surface area contributed by atoms with Crippen molar-refractivity contribution in [3.63, 3.8) is 0 Å². The first kappa shape index (κ1) is 26.9. The first-order valence-electron chi connectivity index (χ1n) is 10.5. The van der Waals surface area contributed by atoms with Crippen molar-refractivity contribution in [2.75, 3.05) is 12.3 Å². The van der Waals surface area contributed by atoms with Gasteiger partial charge in [-0.1, -0.05) is 0 Å². The molecule has 6 nitrogen and oxygen atoms in total. The van der Waals surface area contributed by atoms with E-state index in [0.717, 1.165) is 18.2 Å². The number of nitrogens with one attached hydrogen (secondary N) is 1. The molecule has 12 heteroatoms. The fourth-order valence-corrected chi connectivity index (χ4v) is 4.00. The predicted octanol–water partition coefficient (Wildman–Crippen LogP) is 4.26. The Balaban J connectivity index is 0.00000342. The number of aliphatic hydroxyl groups is 2. The number of aromatic nitrogens is 1. The zero-order valence-corrected chi connectivity index (χ0v) is 19.0. The van der Waals surface area contributed by atoms with E-state index in [1.54, 1.807) is 0 Å². The second kappa shape index (κ2) is 10.5. The number of anilines is 1. The molecule has 1 saturated carbocycles. The van der Waals surface area contributed by atoms with Crippen LogP contribution in [0.5, 0.6) is 5.75 Å². The topological polar surface area (TPSA) is 101 Å². The number of rotatable bonds is 7. The minimum absolute atomic E-state index is 0. The lowest BCUT2D eigenvalue weighted by Gasteiger charge is -2.36. The number of hydrogen-bond acceptors (Lipinski definition) is 6. The van der Waals surface area contributed by atoms with Crippen LogP contribution in [-0.2, 0) is 12.7 Å². The van der Waals surface area contributed by atoms with E-state index < -0.39 is 36.1 Å². The number of nitrogen functional groups attached to an aromatic ring is 1. The van der Waals surface area contributed by atoms with Crippen LogP contribution in [0.1, 0.15) is 35.6 Å². The van der Waals surface area contributed by atoms with Crippen LogP contribution in [0.15, 0.2) is 36.5 Å². The average Bonchev–Trinajstić information content (AvgIpc) is 2.75. The van der Waals surface area contributed by atoms with Gasteiger partial charge in [-0.05, 0) is 54.1 Å². The summed E-state index contributed by atoms with van der Waals surface area (Å²) in [5.74, 6) is -1.87. The Morgan fingerprint density at radius 2 is 1.83 bits per heavy atom. The molecule has 1 aliphatic carbocycles. The van der Waals surface area contributed by atoms with Gasteiger partial charge in [-0.3, -0.25) is 0 Å². The molecular weight excluding hydrogens is 497 g/mol. The van der Waals surface area contributed by atoms with Crippen molar-refractivity contribution < 1.29 is 36.9 Å². The first-order chi connectivity index (χ1) is 16.1. The molecule has 0 spiro atoms. The molecule has 0 radical (unpaired) electrons. The lowest BCUT2D eigenvalue weighted by molar-refractivity contribution is -0.140. The molecule has 3 aromatic rings. The summed E-state index contributed by atoms with van der Waals surface area (Å²) in [6.07, 6.45) is -4.13. The third-order valence-electron chi connectivity index (χ3n) is 5.87. The van der Waals surface area contributed by atoms with Crippen molar-refractivity contribution in [3.05, 3.63) is 64.9 Å². The molecule has 2 aromatic carbocycles. The molecule has 1 aliphatic rings. The molecule has 5 N–H and O–H groups in total. The monoisotopic (exact) mass is 519 g/mol. The quantitative estimate of drug-likeness (QED) is 0.348. The normalized spacial score (nSPS) is 18.6. The van der Waals surface area contributed by atoms with Crippen molar-refractivity contribution in [2.45, 2.75) is 43.8 Å². The molecule has 35 heavy (non-hydrogen) atoms. The lowest BCUT2D eigenvalue weighted by atomic mass is 9.88. The largest absolute Gasteiger partial charge is 0.490 e. The minimum atomic E-state index is -4.82. The maximum atomic E-state index is 14.9. The number of pyridine rings is 1. The van der Waals surface area contributed by atoms with E-state index in [9.17, 15) is 32.2 Å². The summed E-state index contributed by atoms with van der Waals surface area (Å²) in [6.45, 7) is -0.466. The van der Waals surface area contributed by atoms with Gasteiger partial charge in [-0.15, -0.1) is 12.4 Å². The molecule has 1 atom stereocenters. The van der Waals surface area contributed by atoms with E-state index >= 15 is 0 Å². The number of benzene rings is 2. The van der Waals surface area contributed by atoms with E-state index in [-0.39, 0.29) is 48.2 Å². The maximum absolute atomic E-state index is 14.9. The molecule has 1 unspecified atom stereocenters. The number of nitrogens with two attached hydrogens (primary N) is 1. The standard InChI is InChI=1S/C23H22F5N3O3.ClH/c24-19-2-1-12(5-18(19)23(26,27)28)34-13-3-11(4-13)30-9-17-14-7-22(29)31-8-16(14)15(6-20(17)25)21(33)10-32;/h1-2,5-8,11,13,21,30,32-33H,3-4,9-10H2,(H2,29,31);1H. The van der Waals surface area contributed by atoms with E-state index in [4.69, 9.17) is 10.5 Å². The second-order valence-corrected chi connectivity index (χ2v) is 8.21. The first-order valence-corrected chi connectivity index (χ1v) is 10.5. The van der Waals surface area contributed by atoms with Gasteiger partial charge in [0, 0.05) is 29.7 Å². The SMILES string of the molecule is Cl.Nc1cc2c(CNC3CC(Oc4ccc(F)c(C(F)(F)F)c4)C3)c(F)cc(C(O)CO)c2cn1. The van der Waals surface area contributed by atoms with Gasteiger partial charge in [0.25, 0.3) is 0 Å². The van der Waals surface area contributed by atoms with Gasteiger partial charge >= 0.3 is 6.18 Å². The maximum Gasteiger partial charge on any atom is 0.419 e. The molecule has 0 amide bonds. The van der Waals surface area contributed by atoms with Crippen LogP contribution in [0.2, 0.25) is 0 Å². The zero-order valence-electron chi connectivity index (χ0n) is 18.1. The minimum Gasteiger partial charge on any atom is -0.490 e. The van der Waals surface area contributed by atoms with E-state index in [2.05, 4.69) is 10.3 Å². The van der Waals surface area contributed by atoms with Crippen molar-refractivity contribution >= 4 is 29.0 Å². The van der Waals surface area contributed by atoms with Crippen molar-refractivity contribution in [1.82, 2.24) is 10.3 Å². The average molecular weight is 520 g/mol. The molecule has 1 aromatic heterocycles. The predicted molar refractivity (Wildman–Crippen MR) is 121 cm³/mol. The van der Waals surface area contributed by atoms with E-state index in [0.29, 0.717) is 35.2 Å². The number of fused-ring (bicyclic) bond motifs is 1. The van der Waals surface area contributed by atoms with Crippen molar-refractivity contribution in [2.24, 2.45) is 0 Å². The van der Waals surface area contributed by atoms with E-state index in [1.165, 1.54) is 12.3 Å². The summed E-state index contributed by atoms with van der Waals surface area (Å²) in [5.41, 5.74) is 4.87. The number of nitrogens with zero attached hydrogens (tertiary/aromatic N) is 1. The van der Waals surface area contributed by atoms with Gasteiger partial charge in [0.1, 0.15) is 35.4 Å². The molecule has 0 aliphatic heterocycles. The molecular formula is C23H23ClF5N3O3. The summed E-state index contributed by atoms with van der Waals surface area (Å²) in [6, 6.07) is 5.06. The number of hydrogen-bond donors (Lipinski definition) is 4. The van der Waals surface area contributed by atoms with Gasteiger partial charge in [-0.2, -0.15) is 13.2 Å². The lowest BCUT2D eigenvalue weighted by Crippen LogP contribution is -2.46. The van der Waals surface area contributed by atoms with Crippen LogP contribution in [0.25, 0.3) is 10.8 Å². The Labute approximate surface area is 203 Å². The third kappa shape index (κ3) is 5.75. The van der Waals surface area contributed by atoms with Crippen LogP contribution in [0, 0.1) is 11.6 Å². The van der Waals surface area contributed by atoms with Crippen molar-refractivity contribution in [3.8, 4) is 5.75 Å². The third-order valence-corrected chi connectivity index (χ3v) is 5.87.